The Hall–Kier alpha value is -1.99. The zero-order valence-corrected chi connectivity index (χ0v) is 32.1. The molecule has 5 aliphatic carbocycles. The van der Waals surface area contributed by atoms with Crippen LogP contribution in [0.4, 0.5) is 0 Å². The van der Waals surface area contributed by atoms with Gasteiger partial charge in [-0.25, -0.2) is 4.79 Å². The van der Waals surface area contributed by atoms with Gasteiger partial charge in [-0.1, -0.05) is 73.1 Å². The van der Waals surface area contributed by atoms with E-state index >= 15 is 0 Å². The number of fused-ring (bicyclic) bond motifs is 7. The summed E-state index contributed by atoms with van der Waals surface area (Å²) in [5.74, 6) is 3.34. The third-order valence-corrected chi connectivity index (χ3v) is 17.5. The smallest absolute Gasteiger partial charge is 0.335 e. The number of rotatable bonds is 6. The van der Waals surface area contributed by atoms with Crippen molar-refractivity contribution in [2.75, 3.05) is 24.6 Å². The van der Waals surface area contributed by atoms with Crippen LogP contribution in [-0.2, 0) is 15.6 Å². The number of carboxylic acid groups (broad SMARTS) is 1. The Kier molecular flexibility index (Phi) is 8.90. The molecule has 6 aliphatic rings. The number of hydrogen-bond acceptors (Lipinski definition) is 4. The van der Waals surface area contributed by atoms with Gasteiger partial charge in [0.2, 0.25) is 5.91 Å². The van der Waals surface area contributed by atoms with Gasteiger partial charge in [0.15, 0.2) is 0 Å². The largest absolute Gasteiger partial charge is 0.478 e. The van der Waals surface area contributed by atoms with Gasteiger partial charge in [0.25, 0.3) is 0 Å². The van der Waals surface area contributed by atoms with Crippen LogP contribution in [0, 0.1) is 51.2 Å². The van der Waals surface area contributed by atoms with E-state index < -0.39 is 16.8 Å². The maximum absolute atomic E-state index is 14.3. The fraction of sp³-hybridized carbons (Fsp3) is 0.762. The molecule has 0 radical (unpaired) electrons. The molecule has 5 fully saturated rings. The molecule has 3 unspecified atom stereocenters. The fourth-order valence-electron chi connectivity index (χ4n) is 13.8. The molecule has 0 spiro atoms. The normalized spacial score (nSPS) is 41.1. The van der Waals surface area contributed by atoms with E-state index in [1.807, 2.05) is 12.1 Å². The average molecular weight is 691 g/mol. The van der Waals surface area contributed by atoms with E-state index in [2.05, 4.69) is 64.8 Å². The summed E-state index contributed by atoms with van der Waals surface area (Å²) in [4.78, 5) is 28.1. The van der Waals surface area contributed by atoms with Crippen LogP contribution < -0.4 is 5.32 Å². The van der Waals surface area contributed by atoms with Gasteiger partial charge < -0.3 is 10.4 Å². The van der Waals surface area contributed by atoms with E-state index in [1.54, 1.807) is 12.1 Å². The summed E-state index contributed by atoms with van der Waals surface area (Å²) in [6, 6.07) is 7.41. The van der Waals surface area contributed by atoms with Crippen molar-refractivity contribution in [2.24, 2.45) is 51.2 Å². The number of carbonyl (C=O) groups excluding carboxylic acids is 1. The van der Waals surface area contributed by atoms with E-state index in [4.69, 9.17) is 0 Å². The van der Waals surface area contributed by atoms with Crippen molar-refractivity contribution in [3.63, 3.8) is 0 Å². The van der Waals surface area contributed by atoms with Crippen LogP contribution in [-0.4, -0.2) is 62.3 Å². The molecule has 1 heterocycles. The summed E-state index contributed by atoms with van der Waals surface area (Å²) in [6.07, 6.45) is 14.5. The molecule has 9 atom stereocenters. The SMILES string of the molecule is CC(C)C(C(=O)N[C@]12CCC[C@@H]1[C@H]1CCC3[C@@]4(C)CC=C(c5ccc(C(=O)O)cc5)C(C)(C)C4CC[C@@]3(C)[C@]1(C)CC2)N1CCS(=O)CC1. The Labute approximate surface area is 298 Å². The molecular formula is C42H62N2O4S. The standard InChI is InChI=1S/C42H62N2O4S/c1-27(2)35(44-23-25-49(48)26-24-44)36(45)43-42-18-8-9-32(42)31-14-15-34-39(5)19-16-30(28-10-12-29(13-11-28)37(46)47)38(3,4)33(39)17-20-41(34,7)40(31,6)21-22-42/h10-13,16,27,31-35H,8-9,14-15,17-26H2,1-7H3,(H,43,45)(H,46,47)/t31-,32-,33?,34?,35?,39+,40-,41-,42+/m1/s1. The Bertz CT molecular complexity index is 1530. The van der Waals surface area contributed by atoms with Crippen LogP contribution in [0.3, 0.4) is 0 Å². The summed E-state index contributed by atoms with van der Waals surface area (Å²) in [5, 5.41) is 13.3. The van der Waals surface area contributed by atoms with Gasteiger partial charge in [-0.3, -0.25) is 13.9 Å². The lowest BCUT2D eigenvalue weighted by Gasteiger charge is -2.72. The predicted octanol–water partition coefficient (Wildman–Crippen LogP) is 8.19. The molecule has 4 saturated carbocycles. The maximum Gasteiger partial charge on any atom is 0.335 e. The quantitative estimate of drug-likeness (QED) is 0.315. The molecule has 1 aliphatic heterocycles. The zero-order valence-electron chi connectivity index (χ0n) is 31.3. The Morgan fingerprint density at radius 2 is 1.55 bits per heavy atom. The van der Waals surface area contributed by atoms with Crippen molar-refractivity contribution < 1.29 is 18.9 Å². The lowest BCUT2D eigenvalue weighted by Crippen LogP contribution is -2.68. The minimum Gasteiger partial charge on any atom is -0.478 e. The van der Waals surface area contributed by atoms with E-state index in [-0.39, 0.29) is 45.1 Å². The molecule has 1 aromatic rings. The first-order valence-electron chi connectivity index (χ1n) is 19.5. The fourth-order valence-corrected chi connectivity index (χ4v) is 14.9. The number of nitrogens with one attached hydrogen (secondary N) is 1. The summed E-state index contributed by atoms with van der Waals surface area (Å²) in [6.45, 7) is 18.7. The number of amides is 1. The monoisotopic (exact) mass is 690 g/mol. The molecule has 7 heteroatoms. The first-order chi connectivity index (χ1) is 23.1. The number of benzene rings is 1. The minimum absolute atomic E-state index is 0.00459. The lowest BCUT2D eigenvalue weighted by molar-refractivity contribution is -0.217. The Balaban J connectivity index is 1.14. The third-order valence-electron chi connectivity index (χ3n) is 16.3. The van der Waals surface area contributed by atoms with E-state index in [1.165, 1.54) is 56.1 Å². The van der Waals surface area contributed by atoms with Crippen molar-refractivity contribution in [3.05, 3.63) is 41.5 Å². The summed E-state index contributed by atoms with van der Waals surface area (Å²) in [7, 11) is -0.750. The minimum atomic E-state index is -0.872. The van der Waals surface area contributed by atoms with Crippen molar-refractivity contribution in [2.45, 2.75) is 124 Å². The molecular weight excluding hydrogens is 629 g/mol. The number of hydrogen-bond donors (Lipinski definition) is 2. The van der Waals surface area contributed by atoms with E-state index in [0.717, 1.165) is 32.4 Å². The van der Waals surface area contributed by atoms with Gasteiger partial charge in [-0.15, -0.1) is 0 Å². The maximum atomic E-state index is 14.3. The first kappa shape index (κ1) is 35.4. The van der Waals surface area contributed by atoms with Crippen LogP contribution in [0.15, 0.2) is 30.3 Å². The molecule has 0 bridgehead atoms. The number of aromatic carboxylic acids is 1. The number of nitrogens with zero attached hydrogens (tertiary/aromatic N) is 1. The second kappa shape index (κ2) is 12.3. The summed E-state index contributed by atoms with van der Waals surface area (Å²) in [5.41, 5.74) is 3.55. The number of carboxylic acids is 1. The first-order valence-corrected chi connectivity index (χ1v) is 21.0. The number of allylic oxidation sites excluding steroid dienone is 2. The van der Waals surface area contributed by atoms with Crippen LogP contribution in [0.5, 0.6) is 0 Å². The molecule has 1 amide bonds. The summed E-state index contributed by atoms with van der Waals surface area (Å²) >= 11 is 0. The van der Waals surface area contributed by atoms with Crippen molar-refractivity contribution in [1.82, 2.24) is 10.2 Å². The molecule has 1 saturated heterocycles. The van der Waals surface area contributed by atoms with Gasteiger partial charge in [0.1, 0.15) is 0 Å². The molecule has 49 heavy (non-hydrogen) atoms. The highest BCUT2D eigenvalue weighted by Crippen LogP contribution is 2.76. The second-order valence-corrected chi connectivity index (χ2v) is 20.5. The third kappa shape index (κ3) is 5.35. The average Bonchev–Trinajstić information content (AvgIpc) is 3.45. The van der Waals surface area contributed by atoms with Crippen molar-refractivity contribution >= 4 is 28.2 Å². The van der Waals surface area contributed by atoms with E-state index in [9.17, 15) is 18.9 Å². The Morgan fingerprint density at radius 3 is 2.20 bits per heavy atom. The molecule has 270 valence electrons. The van der Waals surface area contributed by atoms with Gasteiger partial charge in [0.05, 0.1) is 11.6 Å². The highest BCUT2D eigenvalue weighted by atomic mass is 32.2. The van der Waals surface area contributed by atoms with Crippen molar-refractivity contribution in [1.29, 1.82) is 0 Å². The predicted molar refractivity (Wildman–Crippen MR) is 199 cm³/mol. The van der Waals surface area contributed by atoms with Gasteiger partial charge in [-0.2, -0.15) is 0 Å². The van der Waals surface area contributed by atoms with Gasteiger partial charge in [-0.05, 0) is 132 Å². The molecule has 7 rings (SSSR count). The lowest BCUT2D eigenvalue weighted by atomic mass is 9.33. The van der Waals surface area contributed by atoms with Gasteiger partial charge in [0, 0.05) is 40.9 Å². The zero-order chi connectivity index (χ0) is 35.1. The second-order valence-electron chi connectivity index (χ2n) is 18.8. The van der Waals surface area contributed by atoms with Gasteiger partial charge >= 0.3 is 5.97 Å². The molecule has 2 N–H and O–H groups in total. The number of carbonyl (C=O) groups is 2. The molecule has 0 aromatic heterocycles. The van der Waals surface area contributed by atoms with Crippen LogP contribution in [0.2, 0.25) is 0 Å². The van der Waals surface area contributed by atoms with Crippen LogP contribution in [0.1, 0.15) is 129 Å². The van der Waals surface area contributed by atoms with E-state index in [0.29, 0.717) is 40.7 Å². The summed E-state index contributed by atoms with van der Waals surface area (Å²) < 4.78 is 12.1. The van der Waals surface area contributed by atoms with Crippen molar-refractivity contribution in [3.8, 4) is 0 Å². The highest BCUT2D eigenvalue weighted by molar-refractivity contribution is 7.85. The molecule has 6 nitrogen and oxygen atoms in total. The van der Waals surface area contributed by atoms with Crippen LogP contribution >= 0.6 is 0 Å². The topological polar surface area (TPSA) is 86.7 Å². The Morgan fingerprint density at radius 1 is 0.857 bits per heavy atom. The van der Waals surface area contributed by atoms with Crippen LogP contribution in [0.25, 0.3) is 5.57 Å². The highest BCUT2D eigenvalue weighted by Gasteiger charge is 2.69. The molecule has 1 aromatic carbocycles.